The zero-order chi connectivity index (χ0) is 56.1. The zero-order valence-corrected chi connectivity index (χ0v) is 47.6. The van der Waals surface area contributed by atoms with Crippen molar-refractivity contribution in [3.8, 4) is 0 Å². The number of cyclic esters (lactones) is 1. The molecule has 3 aliphatic rings. The Bertz CT molecular complexity index is 2120. The second kappa shape index (κ2) is 26.1. The van der Waals surface area contributed by atoms with E-state index in [9.17, 15) is 39.5 Å². The molecule has 4 heterocycles. The van der Waals surface area contributed by atoms with Crippen molar-refractivity contribution in [2.45, 2.75) is 204 Å². The molecule has 20 atom stereocenters. The van der Waals surface area contributed by atoms with E-state index >= 15 is 0 Å². The van der Waals surface area contributed by atoms with Crippen LogP contribution in [0.5, 0.6) is 0 Å². The van der Waals surface area contributed by atoms with Crippen LogP contribution in [-0.2, 0) is 50.9 Å². The number of carbonyl (C=O) groups excluding carboxylic acids is 2. The normalized spacial score (nSPS) is 38.8. The van der Waals surface area contributed by atoms with Gasteiger partial charge in [0.05, 0.1) is 53.7 Å². The minimum absolute atomic E-state index is 0.0301. The molecule has 428 valence electrons. The zero-order valence-electron chi connectivity index (χ0n) is 47.6. The van der Waals surface area contributed by atoms with Gasteiger partial charge in [0.15, 0.2) is 6.29 Å². The Morgan fingerprint density at radius 1 is 0.973 bits per heavy atom. The van der Waals surface area contributed by atoms with Gasteiger partial charge in [0.1, 0.15) is 48.8 Å². The molecular weight excluding hydrogens is 972 g/mol. The van der Waals surface area contributed by atoms with Crippen LogP contribution in [-0.4, -0.2) is 213 Å². The minimum atomic E-state index is -1.83. The summed E-state index contributed by atoms with van der Waals surface area (Å²) in [4.78, 5) is 32.4. The number of halogens is 1. The van der Waals surface area contributed by atoms with Crippen molar-refractivity contribution in [3.63, 3.8) is 0 Å². The van der Waals surface area contributed by atoms with E-state index in [2.05, 4.69) is 10.3 Å². The topological polar surface area (TPSA) is 231 Å². The molecule has 0 spiro atoms. The molecule has 0 bridgehead atoms. The largest absolute Gasteiger partial charge is 0.459 e. The first-order chi connectivity index (χ1) is 35.0. The smallest absolute Gasteiger partial charge is 0.309 e. The van der Waals surface area contributed by atoms with E-state index in [0.717, 1.165) is 11.1 Å². The third-order valence-electron chi connectivity index (χ3n) is 17.0. The molecule has 1 aromatic carbocycles. The van der Waals surface area contributed by atoms with Gasteiger partial charge in [0.25, 0.3) is 0 Å². The summed E-state index contributed by atoms with van der Waals surface area (Å²) in [5.41, 5.74) is -2.39. The molecule has 0 aliphatic carbocycles. The Hall–Kier alpha value is -3.25. The van der Waals surface area contributed by atoms with Crippen LogP contribution in [0.3, 0.4) is 0 Å². The number of rotatable bonds is 16. The molecule has 2 aromatic rings. The molecule has 1 amide bonds. The first-order valence-electron chi connectivity index (χ1n) is 26.9. The fourth-order valence-electron chi connectivity index (χ4n) is 12.2. The molecule has 75 heavy (non-hydrogen) atoms. The molecule has 1 unspecified atom stereocenters. The van der Waals surface area contributed by atoms with Crippen molar-refractivity contribution in [3.05, 3.63) is 47.3 Å². The molecule has 1 aromatic heterocycles. The van der Waals surface area contributed by atoms with Crippen molar-refractivity contribution >= 4 is 11.9 Å². The number of ether oxygens (including phenoxy) is 6. The monoisotopic (exact) mass is 1060 g/mol. The number of aliphatic hydroxyl groups excluding tert-OH is 3. The maximum atomic E-state index is 14.9. The average Bonchev–Trinajstić information content (AvgIpc) is 3.83. The lowest BCUT2D eigenvalue weighted by Crippen LogP contribution is -2.62. The highest BCUT2D eigenvalue weighted by atomic mass is 19.1. The summed E-state index contributed by atoms with van der Waals surface area (Å²) < 4.78 is 54.4. The fourth-order valence-corrected chi connectivity index (χ4v) is 12.2. The maximum Gasteiger partial charge on any atom is 0.309 e. The van der Waals surface area contributed by atoms with Crippen LogP contribution in [0.4, 0.5) is 4.39 Å². The highest BCUT2D eigenvalue weighted by Crippen LogP contribution is 2.45. The lowest BCUT2D eigenvalue weighted by atomic mass is 9.68. The van der Waals surface area contributed by atoms with Crippen molar-refractivity contribution in [2.24, 2.45) is 23.7 Å². The summed E-state index contributed by atoms with van der Waals surface area (Å²) in [6.07, 6.45) is -6.17. The first-order valence-corrected chi connectivity index (χ1v) is 26.9. The number of aliphatic hydroxyl groups is 5. The lowest BCUT2D eigenvalue weighted by Gasteiger charge is -2.51. The molecule has 0 saturated carbocycles. The molecule has 0 radical (unpaired) electrons. The number of methoxy groups -OCH3 is 2. The molecule has 5 N–H and O–H groups in total. The lowest BCUT2D eigenvalue weighted by molar-refractivity contribution is -0.302. The van der Waals surface area contributed by atoms with Crippen molar-refractivity contribution in [2.75, 3.05) is 62.2 Å². The highest BCUT2D eigenvalue weighted by molar-refractivity contribution is 5.78. The van der Waals surface area contributed by atoms with Gasteiger partial charge in [0, 0.05) is 78.4 Å². The van der Waals surface area contributed by atoms with Crippen LogP contribution in [0.25, 0.3) is 0 Å². The number of amides is 1. The maximum absolute atomic E-state index is 14.9. The van der Waals surface area contributed by atoms with Crippen LogP contribution in [0.15, 0.2) is 30.5 Å². The summed E-state index contributed by atoms with van der Waals surface area (Å²) >= 11 is 0. The quantitative estimate of drug-likeness (QED) is 0.150. The number of aromatic nitrogens is 3. The van der Waals surface area contributed by atoms with Gasteiger partial charge in [-0.2, -0.15) is 0 Å². The minimum Gasteiger partial charge on any atom is -0.459 e. The van der Waals surface area contributed by atoms with Crippen LogP contribution in [0.1, 0.15) is 124 Å². The summed E-state index contributed by atoms with van der Waals surface area (Å²) in [5.74, 6) is -3.32. The van der Waals surface area contributed by atoms with Gasteiger partial charge in [0.2, 0.25) is 5.91 Å². The third-order valence-corrected chi connectivity index (χ3v) is 17.0. The second-order valence-corrected chi connectivity index (χ2v) is 23.3. The van der Waals surface area contributed by atoms with Gasteiger partial charge >= 0.3 is 5.97 Å². The summed E-state index contributed by atoms with van der Waals surface area (Å²) in [6.45, 7) is 17.8. The Kier molecular flexibility index (Phi) is 21.8. The third kappa shape index (κ3) is 14.5. The summed E-state index contributed by atoms with van der Waals surface area (Å²) in [7, 11) is 10.2. The molecule has 3 saturated heterocycles. The highest BCUT2D eigenvalue weighted by Gasteiger charge is 2.55. The predicted octanol–water partition coefficient (Wildman–Crippen LogP) is 3.91. The van der Waals surface area contributed by atoms with Crippen molar-refractivity contribution < 1.29 is 67.9 Å². The standard InChI is InChI=1S/C55H93FN6O13/c1-17-43-55(10,69)48(65)35(6)61(14)29-31(2)26-53(8,68)50(33(4)45(34(5)51(67)74-43)42-27-54(9,71-16)49(66)36(7)73-42)75-52-46(64)40(24-32(3)72-52)60(13)23-22-39-30-62(58-57-39)41(28-56)47(70-15)38-20-18-37(19-21-38)25-44(63)59(11)12/h18-21,30-36,40-43,45-50,52,64-66,68-69H,17,22-29H2,1-16H3/t31-,32-,33+,34-,35-,36+,40+,41-,42?,43-,45+,46-,47-,48-,49+,50-,52+,53-,54-,55-/m1/s1. The number of esters is 1. The van der Waals surface area contributed by atoms with Crippen LogP contribution >= 0.6 is 0 Å². The number of likely N-dealkylation sites (N-methyl/N-ethyl adjacent to an activating group) is 3. The van der Waals surface area contributed by atoms with Crippen LogP contribution < -0.4 is 0 Å². The number of nitrogens with zero attached hydrogens (tertiary/aromatic N) is 6. The summed E-state index contributed by atoms with van der Waals surface area (Å²) in [6, 6.07) is 5.44. The van der Waals surface area contributed by atoms with Crippen molar-refractivity contribution in [1.29, 1.82) is 0 Å². The van der Waals surface area contributed by atoms with Gasteiger partial charge < -0.3 is 68.7 Å². The molecular formula is C55H93FN6O13. The number of alkyl halides is 1. The predicted molar refractivity (Wildman–Crippen MR) is 279 cm³/mol. The van der Waals surface area contributed by atoms with E-state index in [1.807, 2.05) is 68.9 Å². The van der Waals surface area contributed by atoms with Gasteiger partial charge in [-0.1, -0.05) is 57.2 Å². The van der Waals surface area contributed by atoms with Crippen molar-refractivity contribution in [1.82, 2.24) is 29.7 Å². The number of benzene rings is 1. The Labute approximate surface area is 445 Å². The van der Waals surface area contributed by atoms with Crippen LogP contribution in [0.2, 0.25) is 0 Å². The number of carbonyl (C=O) groups is 2. The SMILES string of the molecule is CC[C@H]1OC(=O)[C@H](C)[C@@H](C2C[C@@](C)(OC)[C@@H](O)[C@H](C)O2)[C@H](C)[C@@H](O[C@@H]2O[C@H](C)C[C@H](N(C)CCc3cn([C@H](CF)[C@H](OC)c4ccc(CC(=O)N(C)C)cc4)nn3)[C@H]2O)[C@](C)(O)C[C@@H](C)CN(C)[C@H](C)[C@@H](O)[C@]1(C)O. The van der Waals surface area contributed by atoms with Gasteiger partial charge in [-0.15, -0.1) is 5.10 Å². The Morgan fingerprint density at radius 3 is 2.21 bits per heavy atom. The van der Waals surface area contributed by atoms with E-state index < -0.39 is 127 Å². The van der Waals surface area contributed by atoms with Gasteiger partial charge in [-0.05, 0) is 97.9 Å². The number of hydrogen-bond donors (Lipinski definition) is 5. The molecule has 20 heteroatoms. The van der Waals surface area contributed by atoms with Gasteiger partial charge in [-0.3, -0.25) is 9.59 Å². The van der Waals surface area contributed by atoms with E-state index in [1.165, 1.54) is 30.7 Å². The fraction of sp³-hybridized carbons (Fsp3) is 0.818. The van der Waals surface area contributed by atoms with E-state index in [4.69, 9.17) is 28.4 Å². The van der Waals surface area contributed by atoms with E-state index in [1.54, 1.807) is 61.8 Å². The second-order valence-electron chi connectivity index (χ2n) is 23.3. The summed E-state index contributed by atoms with van der Waals surface area (Å²) in [5, 5.41) is 68.9. The Morgan fingerprint density at radius 2 is 1.63 bits per heavy atom. The Balaban J connectivity index is 1.43. The van der Waals surface area contributed by atoms with E-state index in [0.29, 0.717) is 31.6 Å². The average molecular weight is 1070 g/mol. The van der Waals surface area contributed by atoms with Gasteiger partial charge in [-0.25, -0.2) is 9.07 Å². The number of hydrogen-bond acceptors (Lipinski definition) is 17. The molecule has 3 aliphatic heterocycles. The molecule has 5 rings (SSSR count). The van der Waals surface area contributed by atoms with Crippen LogP contribution in [0, 0.1) is 23.7 Å². The molecule has 19 nitrogen and oxygen atoms in total. The first kappa shape index (κ1) is 62.6. The van der Waals surface area contributed by atoms with E-state index in [-0.39, 0.29) is 37.5 Å². The molecule has 3 fully saturated rings.